The zero-order valence-corrected chi connectivity index (χ0v) is 9.65. The Kier molecular flexibility index (Phi) is 4.28. The van der Waals surface area contributed by atoms with Gasteiger partial charge in [-0.1, -0.05) is 0 Å². The van der Waals surface area contributed by atoms with E-state index >= 15 is 0 Å². The summed E-state index contributed by atoms with van der Waals surface area (Å²) in [6, 6.07) is 0.273. The summed E-state index contributed by atoms with van der Waals surface area (Å²) in [7, 11) is -0.735. The lowest BCUT2D eigenvalue weighted by Crippen LogP contribution is -2.30. The minimum absolute atomic E-state index is 0.273. The molecule has 2 unspecified atom stereocenters. The molecule has 5 heteroatoms. The molecule has 0 aromatic carbocycles. The summed E-state index contributed by atoms with van der Waals surface area (Å²) in [6.45, 7) is 4.81. The van der Waals surface area contributed by atoms with Crippen molar-refractivity contribution in [3.63, 3.8) is 0 Å². The van der Waals surface area contributed by atoms with E-state index in [1.54, 1.807) is 6.26 Å². The van der Waals surface area contributed by atoms with E-state index < -0.39 is 10.8 Å². The predicted molar refractivity (Wildman–Crippen MR) is 58.6 cm³/mol. The van der Waals surface area contributed by atoms with Gasteiger partial charge >= 0.3 is 0 Å². The molecule has 80 valence electrons. The second kappa shape index (κ2) is 5.26. The van der Waals surface area contributed by atoms with Crippen LogP contribution in [0.3, 0.4) is 0 Å². The molecule has 1 rings (SSSR count). The van der Waals surface area contributed by atoms with Crippen LogP contribution >= 0.6 is 0 Å². The maximum absolute atomic E-state index is 10.9. The average molecular weight is 215 g/mol. The maximum Gasteiger partial charge on any atom is 0.0535 e. The topological polar surface area (TPSA) is 57.8 Å². The van der Waals surface area contributed by atoms with Gasteiger partial charge in [-0.05, 0) is 13.8 Å². The van der Waals surface area contributed by atoms with Gasteiger partial charge in [0.05, 0.1) is 6.20 Å². The molecule has 0 saturated heterocycles. The lowest BCUT2D eigenvalue weighted by Gasteiger charge is -2.11. The SMILES string of the molecule is Cc1[nH]ncc1CNC(C)CS(C)=O. The van der Waals surface area contributed by atoms with Crippen LogP contribution in [0.5, 0.6) is 0 Å². The van der Waals surface area contributed by atoms with E-state index in [1.807, 2.05) is 20.0 Å². The van der Waals surface area contributed by atoms with E-state index in [0.29, 0.717) is 5.75 Å². The van der Waals surface area contributed by atoms with Crippen molar-refractivity contribution in [1.29, 1.82) is 0 Å². The first-order valence-electron chi connectivity index (χ1n) is 4.62. The predicted octanol–water partition coefficient (Wildman–Crippen LogP) is 0.575. The molecule has 0 bridgehead atoms. The van der Waals surface area contributed by atoms with Crippen molar-refractivity contribution in [2.45, 2.75) is 26.4 Å². The summed E-state index contributed by atoms with van der Waals surface area (Å²) in [5.41, 5.74) is 2.25. The molecular formula is C9H17N3OS. The molecule has 0 saturated carbocycles. The normalized spacial score (nSPS) is 15.4. The van der Waals surface area contributed by atoms with Gasteiger partial charge in [-0.15, -0.1) is 0 Å². The molecule has 0 amide bonds. The number of aromatic amines is 1. The number of H-pyrrole nitrogens is 1. The fourth-order valence-corrected chi connectivity index (χ4v) is 2.07. The van der Waals surface area contributed by atoms with Gasteiger partial charge in [0.2, 0.25) is 0 Å². The number of rotatable bonds is 5. The largest absolute Gasteiger partial charge is 0.309 e. The van der Waals surface area contributed by atoms with Crippen LogP contribution in [0, 0.1) is 6.92 Å². The van der Waals surface area contributed by atoms with Gasteiger partial charge in [-0.2, -0.15) is 5.10 Å². The lowest BCUT2D eigenvalue weighted by molar-refractivity contribution is 0.586. The van der Waals surface area contributed by atoms with E-state index in [4.69, 9.17) is 0 Å². The number of aromatic nitrogens is 2. The quantitative estimate of drug-likeness (QED) is 0.755. The van der Waals surface area contributed by atoms with Crippen molar-refractivity contribution in [2.75, 3.05) is 12.0 Å². The second-order valence-electron chi connectivity index (χ2n) is 3.54. The highest BCUT2D eigenvalue weighted by Gasteiger charge is 2.05. The zero-order chi connectivity index (χ0) is 10.6. The van der Waals surface area contributed by atoms with Gasteiger partial charge in [0.15, 0.2) is 0 Å². The monoisotopic (exact) mass is 215 g/mol. The highest BCUT2D eigenvalue weighted by atomic mass is 32.2. The van der Waals surface area contributed by atoms with E-state index in [2.05, 4.69) is 15.5 Å². The van der Waals surface area contributed by atoms with Gasteiger partial charge in [-0.3, -0.25) is 9.31 Å². The van der Waals surface area contributed by atoms with E-state index in [9.17, 15) is 4.21 Å². The molecule has 0 spiro atoms. The molecule has 1 aromatic rings. The fraction of sp³-hybridized carbons (Fsp3) is 0.667. The first kappa shape index (κ1) is 11.4. The summed E-state index contributed by atoms with van der Waals surface area (Å²) >= 11 is 0. The number of aryl methyl sites for hydroxylation is 1. The van der Waals surface area contributed by atoms with Gasteiger partial charge < -0.3 is 5.32 Å². The number of nitrogens with one attached hydrogen (secondary N) is 2. The average Bonchev–Trinajstić information content (AvgIpc) is 2.46. The molecular weight excluding hydrogens is 198 g/mol. The Morgan fingerprint density at radius 1 is 1.71 bits per heavy atom. The van der Waals surface area contributed by atoms with Crippen molar-refractivity contribution in [2.24, 2.45) is 0 Å². The van der Waals surface area contributed by atoms with Gasteiger partial charge in [0.1, 0.15) is 0 Å². The highest BCUT2D eigenvalue weighted by molar-refractivity contribution is 7.84. The third-order valence-corrected chi connectivity index (χ3v) is 3.03. The lowest BCUT2D eigenvalue weighted by atomic mass is 10.2. The molecule has 14 heavy (non-hydrogen) atoms. The second-order valence-corrected chi connectivity index (χ2v) is 5.02. The number of nitrogens with zero attached hydrogens (tertiary/aromatic N) is 1. The summed E-state index contributed by atoms with van der Waals surface area (Å²) in [5, 5.41) is 10.1. The van der Waals surface area contributed by atoms with Crippen molar-refractivity contribution in [1.82, 2.24) is 15.5 Å². The minimum atomic E-state index is -0.735. The van der Waals surface area contributed by atoms with Crippen molar-refractivity contribution < 1.29 is 4.21 Å². The van der Waals surface area contributed by atoms with Crippen molar-refractivity contribution in [3.8, 4) is 0 Å². The van der Waals surface area contributed by atoms with Gasteiger partial charge in [0.25, 0.3) is 0 Å². The Bertz CT molecular complexity index is 311. The molecule has 0 fully saturated rings. The Hall–Kier alpha value is -0.680. The van der Waals surface area contributed by atoms with Crippen molar-refractivity contribution >= 4 is 10.8 Å². The smallest absolute Gasteiger partial charge is 0.0535 e. The summed E-state index contributed by atoms with van der Waals surface area (Å²) in [4.78, 5) is 0. The molecule has 1 heterocycles. The third-order valence-electron chi connectivity index (χ3n) is 2.06. The summed E-state index contributed by atoms with van der Waals surface area (Å²) in [6.07, 6.45) is 3.54. The number of hydrogen-bond acceptors (Lipinski definition) is 3. The van der Waals surface area contributed by atoms with E-state index in [1.165, 1.54) is 5.56 Å². The molecule has 2 atom stereocenters. The third kappa shape index (κ3) is 3.59. The first-order chi connectivity index (χ1) is 6.59. The Labute approximate surface area is 86.9 Å². The molecule has 0 aliphatic carbocycles. The van der Waals surface area contributed by atoms with Crippen LogP contribution < -0.4 is 5.32 Å². The Morgan fingerprint density at radius 2 is 2.43 bits per heavy atom. The van der Waals surface area contributed by atoms with Crippen molar-refractivity contribution in [3.05, 3.63) is 17.5 Å². The first-order valence-corrected chi connectivity index (χ1v) is 6.34. The molecule has 0 aliphatic rings. The minimum Gasteiger partial charge on any atom is -0.309 e. The molecule has 0 aliphatic heterocycles. The Balaban J connectivity index is 2.34. The summed E-state index contributed by atoms with van der Waals surface area (Å²) < 4.78 is 10.9. The Morgan fingerprint density at radius 3 is 2.93 bits per heavy atom. The van der Waals surface area contributed by atoms with Crippen LogP contribution in [-0.4, -0.2) is 32.5 Å². The zero-order valence-electron chi connectivity index (χ0n) is 8.83. The highest BCUT2D eigenvalue weighted by Crippen LogP contribution is 2.01. The van der Waals surface area contributed by atoms with E-state index in [-0.39, 0.29) is 6.04 Å². The van der Waals surface area contributed by atoms with Gasteiger partial charge in [0, 0.05) is 46.7 Å². The molecule has 0 radical (unpaired) electrons. The fourth-order valence-electron chi connectivity index (χ4n) is 1.25. The van der Waals surface area contributed by atoms with Crippen LogP contribution in [0.25, 0.3) is 0 Å². The number of hydrogen-bond donors (Lipinski definition) is 2. The van der Waals surface area contributed by atoms with Crippen LogP contribution in [0.15, 0.2) is 6.20 Å². The van der Waals surface area contributed by atoms with Crippen LogP contribution in [-0.2, 0) is 17.3 Å². The summed E-state index contributed by atoms with van der Waals surface area (Å²) in [5.74, 6) is 0.691. The molecule has 2 N–H and O–H groups in total. The van der Waals surface area contributed by atoms with E-state index in [0.717, 1.165) is 12.2 Å². The van der Waals surface area contributed by atoms with Crippen LogP contribution in [0.1, 0.15) is 18.2 Å². The molecule has 1 aromatic heterocycles. The molecule has 4 nitrogen and oxygen atoms in total. The maximum atomic E-state index is 10.9. The van der Waals surface area contributed by atoms with Gasteiger partial charge in [-0.25, -0.2) is 0 Å². The standard InChI is InChI=1S/C9H17N3OS/c1-7(6-14(3)13)10-4-9-5-11-12-8(9)2/h5,7,10H,4,6H2,1-3H3,(H,11,12). The van der Waals surface area contributed by atoms with Crippen LogP contribution in [0.4, 0.5) is 0 Å². The van der Waals surface area contributed by atoms with Crippen LogP contribution in [0.2, 0.25) is 0 Å².